The zero-order valence-corrected chi connectivity index (χ0v) is 21.7. The summed E-state index contributed by atoms with van der Waals surface area (Å²) in [7, 11) is 0. The van der Waals surface area contributed by atoms with Crippen LogP contribution in [0.5, 0.6) is 5.75 Å². The highest BCUT2D eigenvalue weighted by Gasteiger charge is 2.17. The Morgan fingerprint density at radius 2 is 1.81 bits per heavy atom. The molecule has 4 aromatic rings. The third kappa shape index (κ3) is 6.36. The number of hydrogen-bond acceptors (Lipinski definition) is 6. The molecule has 0 aliphatic heterocycles. The lowest BCUT2D eigenvalue weighted by Gasteiger charge is -2.17. The van der Waals surface area contributed by atoms with E-state index in [9.17, 15) is 18.7 Å². The average molecular weight is 529 g/mol. The number of halogens is 3. The van der Waals surface area contributed by atoms with Crippen molar-refractivity contribution in [1.82, 2.24) is 19.5 Å². The first-order chi connectivity index (χ1) is 17.8. The molecule has 0 atom stereocenters. The predicted octanol–water partition coefficient (Wildman–Crippen LogP) is 5.38. The number of rotatable bonds is 7. The van der Waals surface area contributed by atoms with Crippen molar-refractivity contribution in [2.75, 3.05) is 6.61 Å². The number of pyridine rings is 4. The molecular formula is C27H27ClF2N4O3. The summed E-state index contributed by atoms with van der Waals surface area (Å²) in [6, 6.07) is 9.44. The first-order valence-corrected chi connectivity index (χ1v) is 12.1. The maximum absolute atomic E-state index is 13.9. The fourth-order valence-electron chi connectivity index (χ4n) is 3.55. The van der Waals surface area contributed by atoms with Crippen molar-refractivity contribution in [1.29, 1.82) is 0 Å². The Morgan fingerprint density at radius 3 is 2.51 bits per heavy atom. The summed E-state index contributed by atoms with van der Waals surface area (Å²) in [5.74, 6) is -1.60. The van der Waals surface area contributed by atoms with Gasteiger partial charge >= 0.3 is 0 Å². The molecule has 0 aliphatic rings. The van der Waals surface area contributed by atoms with Crippen LogP contribution in [0, 0.1) is 25.5 Å². The molecule has 0 saturated heterocycles. The molecule has 4 aromatic heterocycles. The lowest BCUT2D eigenvalue weighted by molar-refractivity contribution is 0.292. The summed E-state index contributed by atoms with van der Waals surface area (Å²) < 4.78 is 33.9. The van der Waals surface area contributed by atoms with E-state index in [4.69, 9.17) is 16.3 Å². The van der Waals surface area contributed by atoms with Crippen LogP contribution >= 0.6 is 11.6 Å². The molecule has 0 spiro atoms. The van der Waals surface area contributed by atoms with E-state index in [1.165, 1.54) is 4.57 Å². The quantitative estimate of drug-likeness (QED) is 0.346. The van der Waals surface area contributed by atoms with E-state index in [2.05, 4.69) is 15.0 Å². The number of nitrogens with zero attached hydrogens (tertiary/aromatic N) is 4. The molecule has 0 saturated carbocycles. The Labute approximate surface area is 218 Å². The Balaban J connectivity index is 0.00000186. The van der Waals surface area contributed by atoms with E-state index in [1.54, 1.807) is 31.3 Å². The third-order valence-electron chi connectivity index (χ3n) is 5.30. The monoisotopic (exact) mass is 528 g/mol. The van der Waals surface area contributed by atoms with Gasteiger partial charge in [-0.15, -0.1) is 0 Å². The first kappa shape index (κ1) is 27.9. The summed E-state index contributed by atoms with van der Waals surface area (Å²) in [5, 5.41) is 9.00. The van der Waals surface area contributed by atoms with Crippen molar-refractivity contribution in [3.8, 4) is 22.8 Å². The van der Waals surface area contributed by atoms with E-state index < -0.39 is 17.2 Å². The minimum Gasteiger partial charge on any atom is -0.485 e. The van der Waals surface area contributed by atoms with E-state index in [0.29, 0.717) is 35.3 Å². The van der Waals surface area contributed by atoms with Crippen molar-refractivity contribution in [3.05, 3.63) is 98.4 Å². The fourth-order valence-corrected chi connectivity index (χ4v) is 3.74. The molecule has 0 aliphatic carbocycles. The highest BCUT2D eigenvalue weighted by molar-refractivity contribution is 6.31. The summed E-state index contributed by atoms with van der Waals surface area (Å²) in [6.07, 6.45) is 2.93. The standard InChI is InChI=1S/C25H21ClF2N4O3.C2H6/c1-14-11-29-20(19-5-3-4-17(31-19)6-7-33)10-22(14)32-15(2)8-23(24(26)25(32)34)35-13-21-18(28)9-16(27)12-30-21;1-2/h3-5,8-12,33H,6-7,13H2,1-2H3;1-2H3. The maximum Gasteiger partial charge on any atom is 0.277 e. The second-order valence-corrected chi connectivity index (χ2v) is 8.20. The van der Waals surface area contributed by atoms with Crippen LogP contribution in [0.4, 0.5) is 8.78 Å². The van der Waals surface area contributed by atoms with Crippen molar-refractivity contribution < 1.29 is 18.6 Å². The minimum atomic E-state index is -0.859. The van der Waals surface area contributed by atoms with E-state index in [0.717, 1.165) is 17.5 Å². The highest BCUT2D eigenvalue weighted by atomic mass is 35.5. The lowest BCUT2D eigenvalue weighted by atomic mass is 10.1. The smallest absolute Gasteiger partial charge is 0.277 e. The maximum atomic E-state index is 13.9. The first-order valence-electron chi connectivity index (χ1n) is 11.7. The van der Waals surface area contributed by atoms with Crippen LogP contribution in [-0.4, -0.2) is 31.2 Å². The van der Waals surface area contributed by atoms with Crippen LogP contribution < -0.4 is 10.3 Å². The van der Waals surface area contributed by atoms with E-state index >= 15 is 0 Å². The molecule has 0 bridgehead atoms. The molecule has 4 heterocycles. The second kappa shape index (κ2) is 12.5. The van der Waals surface area contributed by atoms with Gasteiger partial charge in [0, 0.05) is 42.7 Å². The summed E-state index contributed by atoms with van der Waals surface area (Å²) in [6.45, 7) is 7.17. The Morgan fingerprint density at radius 1 is 1.05 bits per heavy atom. The molecule has 1 N–H and O–H groups in total. The van der Waals surface area contributed by atoms with Gasteiger partial charge in [0.05, 0.1) is 23.3 Å². The normalized spacial score (nSPS) is 10.6. The fraction of sp³-hybridized carbons (Fsp3) is 0.259. The molecule has 0 unspecified atom stereocenters. The molecule has 37 heavy (non-hydrogen) atoms. The van der Waals surface area contributed by atoms with Gasteiger partial charge in [-0.05, 0) is 37.6 Å². The van der Waals surface area contributed by atoms with Gasteiger partial charge in [-0.1, -0.05) is 31.5 Å². The second-order valence-electron chi connectivity index (χ2n) is 7.82. The molecule has 10 heteroatoms. The Kier molecular flexibility index (Phi) is 9.43. The number of aliphatic hydroxyl groups excluding tert-OH is 1. The van der Waals surface area contributed by atoms with Gasteiger partial charge in [0.1, 0.15) is 28.9 Å². The number of aryl methyl sites for hydroxylation is 2. The Hall–Kier alpha value is -3.69. The number of ether oxygens (including phenoxy) is 1. The largest absolute Gasteiger partial charge is 0.485 e. The van der Waals surface area contributed by atoms with Crippen LogP contribution in [0.25, 0.3) is 17.1 Å². The molecule has 194 valence electrons. The average Bonchev–Trinajstić information content (AvgIpc) is 2.89. The van der Waals surface area contributed by atoms with Gasteiger partial charge in [-0.25, -0.2) is 8.78 Å². The predicted molar refractivity (Wildman–Crippen MR) is 138 cm³/mol. The molecule has 0 aromatic carbocycles. The SMILES string of the molecule is CC.Cc1cnc(-c2cccc(CCO)n2)cc1-n1c(C)cc(OCc2ncc(F)cc2F)c(Cl)c1=O. The number of aliphatic hydroxyl groups is 1. The van der Waals surface area contributed by atoms with Gasteiger partial charge in [0.2, 0.25) is 0 Å². The third-order valence-corrected chi connectivity index (χ3v) is 5.65. The summed E-state index contributed by atoms with van der Waals surface area (Å²) in [5.41, 5.74) is 3.03. The molecule has 0 amide bonds. The number of hydrogen-bond donors (Lipinski definition) is 1. The number of aromatic nitrogens is 4. The Bertz CT molecular complexity index is 1460. The lowest BCUT2D eigenvalue weighted by Crippen LogP contribution is -2.23. The van der Waals surface area contributed by atoms with Crippen molar-refractivity contribution >= 4 is 11.6 Å². The van der Waals surface area contributed by atoms with Crippen LogP contribution in [0.2, 0.25) is 5.02 Å². The zero-order chi connectivity index (χ0) is 27.1. The van der Waals surface area contributed by atoms with Gasteiger partial charge in [-0.2, -0.15) is 0 Å². The molecule has 4 rings (SSSR count). The molecule has 7 nitrogen and oxygen atoms in total. The van der Waals surface area contributed by atoms with E-state index in [1.807, 2.05) is 32.9 Å². The highest BCUT2D eigenvalue weighted by Crippen LogP contribution is 2.27. The summed E-state index contributed by atoms with van der Waals surface area (Å²) >= 11 is 6.33. The molecule has 0 radical (unpaired) electrons. The van der Waals surface area contributed by atoms with Crippen molar-refractivity contribution in [2.45, 2.75) is 40.7 Å². The zero-order valence-electron chi connectivity index (χ0n) is 20.9. The van der Waals surface area contributed by atoms with Crippen molar-refractivity contribution in [2.24, 2.45) is 0 Å². The molecular weight excluding hydrogens is 502 g/mol. The van der Waals surface area contributed by atoms with Gasteiger partial charge in [0.15, 0.2) is 5.82 Å². The van der Waals surface area contributed by atoms with Crippen LogP contribution in [0.15, 0.2) is 53.6 Å². The van der Waals surface area contributed by atoms with Crippen LogP contribution in [0.1, 0.15) is 36.5 Å². The van der Waals surface area contributed by atoms with Crippen molar-refractivity contribution in [3.63, 3.8) is 0 Å². The van der Waals surface area contributed by atoms with Crippen LogP contribution in [-0.2, 0) is 13.0 Å². The van der Waals surface area contributed by atoms with Gasteiger partial charge in [0.25, 0.3) is 5.56 Å². The minimum absolute atomic E-state index is 0.0194. The van der Waals surface area contributed by atoms with Crippen LogP contribution in [0.3, 0.4) is 0 Å². The molecule has 0 fully saturated rings. The van der Waals surface area contributed by atoms with E-state index in [-0.39, 0.29) is 29.7 Å². The summed E-state index contributed by atoms with van der Waals surface area (Å²) in [4.78, 5) is 25.9. The topological polar surface area (TPSA) is 90.1 Å². The van der Waals surface area contributed by atoms with Gasteiger partial charge < -0.3 is 9.84 Å². The van der Waals surface area contributed by atoms with Gasteiger partial charge in [-0.3, -0.25) is 24.3 Å².